The summed E-state index contributed by atoms with van der Waals surface area (Å²) in [6.07, 6.45) is 2.87. The molecule has 5 heteroatoms. The van der Waals surface area contributed by atoms with Crippen molar-refractivity contribution < 1.29 is 9.90 Å². The standard InChI is InChI=1S/C17H13ClN2O2/c18-14-7-6-13(10-20-11-19-9-16(20)17(21)22)15(8-14)12-4-2-1-3-5-12/h1-9,11H,10H2,(H,21,22). The van der Waals surface area contributed by atoms with Crippen molar-refractivity contribution in [3.8, 4) is 11.1 Å². The van der Waals surface area contributed by atoms with Gasteiger partial charge in [0.15, 0.2) is 0 Å². The second kappa shape index (κ2) is 6.03. The number of aromatic nitrogens is 2. The monoisotopic (exact) mass is 312 g/mol. The molecule has 0 bridgehead atoms. The molecule has 0 atom stereocenters. The van der Waals surface area contributed by atoms with Crippen LogP contribution in [0.25, 0.3) is 11.1 Å². The Bertz CT molecular complexity index is 813. The summed E-state index contributed by atoms with van der Waals surface area (Å²) in [5, 5.41) is 9.83. The number of aromatic carboxylic acids is 1. The molecule has 1 heterocycles. The largest absolute Gasteiger partial charge is 0.477 e. The van der Waals surface area contributed by atoms with Crippen molar-refractivity contribution in [2.45, 2.75) is 6.54 Å². The van der Waals surface area contributed by atoms with Crippen LogP contribution < -0.4 is 0 Å². The van der Waals surface area contributed by atoms with E-state index in [0.717, 1.165) is 16.7 Å². The Hall–Kier alpha value is -2.59. The van der Waals surface area contributed by atoms with Crippen molar-refractivity contribution in [1.82, 2.24) is 9.55 Å². The van der Waals surface area contributed by atoms with E-state index >= 15 is 0 Å². The molecule has 0 spiro atoms. The SMILES string of the molecule is O=C(O)c1cncn1Cc1ccc(Cl)cc1-c1ccccc1. The number of hydrogen-bond donors (Lipinski definition) is 1. The maximum atomic E-state index is 11.2. The molecule has 3 rings (SSSR count). The molecule has 0 fully saturated rings. The molecular formula is C17H13ClN2O2. The summed E-state index contributed by atoms with van der Waals surface area (Å²) in [5.41, 5.74) is 3.17. The first-order valence-electron chi connectivity index (χ1n) is 6.72. The lowest BCUT2D eigenvalue weighted by atomic mass is 9.99. The molecule has 4 nitrogen and oxygen atoms in total. The fraction of sp³-hybridized carbons (Fsp3) is 0.0588. The predicted octanol–water partition coefficient (Wildman–Crippen LogP) is 3.95. The lowest BCUT2D eigenvalue weighted by Crippen LogP contribution is -2.09. The molecule has 3 aromatic rings. The van der Waals surface area contributed by atoms with Gasteiger partial charge in [-0.3, -0.25) is 0 Å². The van der Waals surface area contributed by atoms with Crippen molar-refractivity contribution in [2.75, 3.05) is 0 Å². The van der Waals surface area contributed by atoms with Gasteiger partial charge >= 0.3 is 5.97 Å². The third-order valence-electron chi connectivity index (χ3n) is 3.43. The minimum Gasteiger partial charge on any atom is -0.477 e. The van der Waals surface area contributed by atoms with E-state index < -0.39 is 5.97 Å². The van der Waals surface area contributed by atoms with Crippen molar-refractivity contribution >= 4 is 17.6 Å². The van der Waals surface area contributed by atoms with Crippen LogP contribution >= 0.6 is 11.6 Å². The third kappa shape index (κ3) is 2.87. The highest BCUT2D eigenvalue weighted by molar-refractivity contribution is 6.30. The average molecular weight is 313 g/mol. The van der Waals surface area contributed by atoms with E-state index in [1.807, 2.05) is 42.5 Å². The summed E-state index contributed by atoms with van der Waals surface area (Å²) in [5.74, 6) is -0.993. The van der Waals surface area contributed by atoms with Crippen LogP contribution in [0.2, 0.25) is 5.02 Å². The molecule has 0 aliphatic carbocycles. The van der Waals surface area contributed by atoms with E-state index in [4.69, 9.17) is 11.6 Å². The number of carboxylic acids is 1. The second-order valence-corrected chi connectivity index (χ2v) is 5.32. The smallest absolute Gasteiger partial charge is 0.354 e. The lowest BCUT2D eigenvalue weighted by Gasteiger charge is -2.12. The Morgan fingerprint density at radius 2 is 1.95 bits per heavy atom. The van der Waals surface area contributed by atoms with Gasteiger partial charge in [-0.2, -0.15) is 0 Å². The van der Waals surface area contributed by atoms with Crippen molar-refractivity contribution in [3.05, 3.63) is 77.3 Å². The summed E-state index contributed by atoms with van der Waals surface area (Å²) in [4.78, 5) is 15.1. The molecule has 1 aromatic heterocycles. The molecule has 0 saturated heterocycles. The Morgan fingerprint density at radius 3 is 2.68 bits per heavy atom. The highest BCUT2D eigenvalue weighted by Crippen LogP contribution is 2.27. The molecule has 0 radical (unpaired) electrons. The molecule has 22 heavy (non-hydrogen) atoms. The van der Waals surface area contributed by atoms with Gasteiger partial charge in [-0.05, 0) is 28.8 Å². The Morgan fingerprint density at radius 1 is 1.18 bits per heavy atom. The van der Waals surface area contributed by atoms with Gasteiger partial charge in [0, 0.05) is 11.6 Å². The summed E-state index contributed by atoms with van der Waals surface area (Å²) >= 11 is 6.12. The van der Waals surface area contributed by atoms with Crippen LogP contribution in [0, 0.1) is 0 Å². The molecule has 110 valence electrons. The predicted molar refractivity (Wildman–Crippen MR) is 85.2 cm³/mol. The van der Waals surface area contributed by atoms with E-state index in [2.05, 4.69) is 4.98 Å². The number of hydrogen-bond acceptors (Lipinski definition) is 2. The highest BCUT2D eigenvalue weighted by Gasteiger charge is 2.12. The average Bonchev–Trinajstić information content (AvgIpc) is 2.98. The first-order chi connectivity index (χ1) is 10.6. The molecule has 0 amide bonds. The van der Waals surface area contributed by atoms with Crippen molar-refractivity contribution in [3.63, 3.8) is 0 Å². The molecule has 1 N–H and O–H groups in total. The summed E-state index contributed by atoms with van der Waals surface area (Å²) < 4.78 is 1.61. The zero-order chi connectivity index (χ0) is 15.5. The van der Waals surface area contributed by atoms with Crippen molar-refractivity contribution in [2.24, 2.45) is 0 Å². The number of rotatable bonds is 4. The maximum Gasteiger partial charge on any atom is 0.354 e. The minimum absolute atomic E-state index is 0.161. The van der Waals surface area contributed by atoms with Gasteiger partial charge in [0.2, 0.25) is 0 Å². The summed E-state index contributed by atoms with van der Waals surface area (Å²) in [6.45, 7) is 0.420. The van der Waals surface area contributed by atoms with Gasteiger partial charge in [0.25, 0.3) is 0 Å². The molecule has 0 aliphatic rings. The van der Waals surface area contributed by atoms with Crippen LogP contribution in [0.1, 0.15) is 16.1 Å². The van der Waals surface area contributed by atoms with E-state index in [0.29, 0.717) is 11.6 Å². The van der Waals surface area contributed by atoms with Crippen LogP contribution in [0.4, 0.5) is 0 Å². The van der Waals surface area contributed by atoms with Gasteiger partial charge in [0.1, 0.15) is 5.69 Å². The quantitative estimate of drug-likeness (QED) is 0.793. The summed E-state index contributed by atoms with van der Waals surface area (Å²) in [6, 6.07) is 15.5. The topological polar surface area (TPSA) is 55.1 Å². The third-order valence-corrected chi connectivity index (χ3v) is 3.66. The molecule has 0 unspecified atom stereocenters. The van der Waals surface area contributed by atoms with Gasteiger partial charge in [-0.25, -0.2) is 9.78 Å². The van der Waals surface area contributed by atoms with Crippen molar-refractivity contribution in [1.29, 1.82) is 0 Å². The van der Waals surface area contributed by atoms with Gasteiger partial charge in [0.05, 0.1) is 12.5 Å². The van der Waals surface area contributed by atoms with Crippen LogP contribution in [0.15, 0.2) is 61.1 Å². The van der Waals surface area contributed by atoms with E-state index in [1.165, 1.54) is 12.5 Å². The Kier molecular flexibility index (Phi) is 3.94. The molecule has 0 saturated carbocycles. The lowest BCUT2D eigenvalue weighted by molar-refractivity contribution is 0.0685. The fourth-order valence-electron chi connectivity index (χ4n) is 2.38. The molecule has 2 aromatic carbocycles. The number of halogens is 1. The summed E-state index contributed by atoms with van der Waals surface area (Å²) in [7, 11) is 0. The van der Waals surface area contributed by atoms with Crippen LogP contribution in [-0.4, -0.2) is 20.6 Å². The van der Waals surface area contributed by atoms with Crippen LogP contribution in [0.5, 0.6) is 0 Å². The maximum absolute atomic E-state index is 11.2. The number of carbonyl (C=O) groups is 1. The fourth-order valence-corrected chi connectivity index (χ4v) is 2.55. The van der Waals surface area contributed by atoms with E-state index in [1.54, 1.807) is 10.6 Å². The zero-order valence-corrected chi connectivity index (χ0v) is 12.4. The number of benzene rings is 2. The van der Waals surface area contributed by atoms with Gasteiger partial charge in [-0.1, -0.05) is 48.0 Å². The molecular weight excluding hydrogens is 300 g/mol. The van der Waals surface area contributed by atoms with E-state index in [9.17, 15) is 9.90 Å². The van der Waals surface area contributed by atoms with E-state index in [-0.39, 0.29) is 5.69 Å². The minimum atomic E-state index is -0.993. The first kappa shape index (κ1) is 14.4. The van der Waals surface area contributed by atoms with Gasteiger partial charge in [-0.15, -0.1) is 0 Å². The zero-order valence-electron chi connectivity index (χ0n) is 11.6. The normalized spacial score (nSPS) is 10.6. The molecule has 0 aliphatic heterocycles. The highest BCUT2D eigenvalue weighted by atomic mass is 35.5. The van der Waals surface area contributed by atoms with Crippen LogP contribution in [-0.2, 0) is 6.54 Å². The number of carboxylic acid groups (broad SMARTS) is 1. The van der Waals surface area contributed by atoms with Gasteiger partial charge < -0.3 is 9.67 Å². The Labute approximate surface area is 132 Å². The number of nitrogens with zero attached hydrogens (tertiary/aromatic N) is 2. The second-order valence-electron chi connectivity index (χ2n) is 4.88. The first-order valence-corrected chi connectivity index (χ1v) is 7.10. The Balaban J connectivity index is 2.04. The number of imidazole rings is 1. The van der Waals surface area contributed by atoms with Crippen LogP contribution in [0.3, 0.4) is 0 Å².